The minimum absolute atomic E-state index is 0.353. The van der Waals surface area contributed by atoms with Crippen LogP contribution in [0.1, 0.15) is 15.9 Å². The van der Waals surface area contributed by atoms with Gasteiger partial charge in [0.15, 0.2) is 0 Å². The highest BCUT2D eigenvalue weighted by Gasteiger charge is 2.05. The van der Waals surface area contributed by atoms with Gasteiger partial charge in [-0.3, -0.25) is 9.78 Å². The monoisotopic (exact) mass is 258 g/mol. The second-order valence-electron chi connectivity index (χ2n) is 4.39. The number of carbonyl (C=O) groups is 1. The quantitative estimate of drug-likeness (QED) is 0.773. The lowest BCUT2D eigenvalue weighted by Gasteiger charge is -2.19. The van der Waals surface area contributed by atoms with Gasteiger partial charge in [0.25, 0.3) is 0 Å². The second-order valence-corrected chi connectivity index (χ2v) is 4.39. The molecule has 2 rings (SSSR count). The molecule has 1 aromatic heterocycles. The summed E-state index contributed by atoms with van der Waals surface area (Å²) in [5.74, 6) is -0.393. The first-order valence-corrected chi connectivity index (χ1v) is 6.05. The van der Waals surface area contributed by atoms with Crippen LogP contribution < -0.4 is 4.90 Å². The van der Waals surface area contributed by atoms with E-state index in [-0.39, 0.29) is 0 Å². The third-order valence-corrected chi connectivity index (χ3v) is 2.97. The molecule has 0 aliphatic rings. The summed E-state index contributed by atoms with van der Waals surface area (Å²) < 4.78 is 13.3. The molecule has 1 aromatic carbocycles. The molecule has 4 heteroatoms. The molecule has 1 heterocycles. The molecule has 0 radical (unpaired) electrons. The Labute approximate surface area is 111 Å². The fourth-order valence-corrected chi connectivity index (χ4v) is 1.86. The lowest BCUT2D eigenvalue weighted by molar-refractivity contribution is 0.112. The van der Waals surface area contributed by atoms with Crippen LogP contribution in [-0.2, 0) is 6.42 Å². The lowest BCUT2D eigenvalue weighted by atomic mass is 10.1. The summed E-state index contributed by atoms with van der Waals surface area (Å²) in [6, 6.07) is 8.25. The predicted molar refractivity (Wildman–Crippen MR) is 73.0 cm³/mol. The highest BCUT2D eigenvalue weighted by Crippen LogP contribution is 2.17. The molecule has 19 heavy (non-hydrogen) atoms. The van der Waals surface area contributed by atoms with Crippen LogP contribution in [0.25, 0.3) is 0 Å². The van der Waals surface area contributed by atoms with Crippen molar-refractivity contribution >= 4 is 12.0 Å². The van der Waals surface area contributed by atoms with Crippen LogP contribution in [0.2, 0.25) is 0 Å². The summed E-state index contributed by atoms with van der Waals surface area (Å²) in [7, 11) is 1.88. The van der Waals surface area contributed by atoms with Crippen molar-refractivity contribution < 1.29 is 9.18 Å². The van der Waals surface area contributed by atoms with Crippen LogP contribution in [0.4, 0.5) is 10.1 Å². The Hall–Kier alpha value is -2.23. The maximum Gasteiger partial charge on any atom is 0.150 e. The van der Waals surface area contributed by atoms with Gasteiger partial charge in [-0.15, -0.1) is 0 Å². The smallest absolute Gasteiger partial charge is 0.150 e. The van der Waals surface area contributed by atoms with E-state index in [2.05, 4.69) is 4.98 Å². The molecule has 0 N–H and O–H groups in total. The van der Waals surface area contributed by atoms with Crippen LogP contribution in [-0.4, -0.2) is 24.9 Å². The van der Waals surface area contributed by atoms with Crippen molar-refractivity contribution in [2.24, 2.45) is 0 Å². The topological polar surface area (TPSA) is 33.2 Å². The Morgan fingerprint density at radius 2 is 2.00 bits per heavy atom. The second kappa shape index (κ2) is 6.09. The zero-order chi connectivity index (χ0) is 13.7. The molecule has 0 aliphatic carbocycles. The molecule has 0 saturated carbocycles. The van der Waals surface area contributed by atoms with Crippen LogP contribution in [0.15, 0.2) is 42.7 Å². The van der Waals surface area contributed by atoms with Crippen LogP contribution in [0, 0.1) is 5.82 Å². The van der Waals surface area contributed by atoms with E-state index in [0.717, 1.165) is 13.0 Å². The fraction of sp³-hybridized carbons (Fsp3) is 0.200. The first-order chi connectivity index (χ1) is 9.19. The van der Waals surface area contributed by atoms with Gasteiger partial charge in [0.2, 0.25) is 0 Å². The summed E-state index contributed by atoms with van der Waals surface area (Å²) in [6.07, 6.45) is 5.00. The minimum Gasteiger partial charge on any atom is -0.374 e. The van der Waals surface area contributed by atoms with Gasteiger partial charge in [-0.1, -0.05) is 0 Å². The van der Waals surface area contributed by atoms with Crippen LogP contribution in [0.5, 0.6) is 0 Å². The number of benzene rings is 1. The number of aldehydes is 1. The SMILES string of the molecule is CN(CCc1ccncc1)c1cc(F)cc(C=O)c1. The average molecular weight is 258 g/mol. The van der Waals surface area contributed by atoms with Crippen molar-refractivity contribution in [1.82, 2.24) is 4.98 Å². The van der Waals surface area contributed by atoms with Crippen molar-refractivity contribution in [3.63, 3.8) is 0 Å². The average Bonchev–Trinajstić information content (AvgIpc) is 2.45. The number of hydrogen-bond acceptors (Lipinski definition) is 3. The molecule has 98 valence electrons. The van der Waals surface area contributed by atoms with E-state index in [1.807, 2.05) is 24.1 Å². The molecule has 0 spiro atoms. The van der Waals surface area contributed by atoms with Crippen LogP contribution >= 0.6 is 0 Å². The Bertz CT molecular complexity index is 557. The number of nitrogens with zero attached hydrogens (tertiary/aromatic N) is 2. The van der Waals surface area contributed by atoms with Gasteiger partial charge < -0.3 is 4.90 Å². The van der Waals surface area contributed by atoms with E-state index in [0.29, 0.717) is 17.5 Å². The summed E-state index contributed by atoms with van der Waals surface area (Å²) in [4.78, 5) is 16.6. The number of carbonyl (C=O) groups excluding carboxylic acids is 1. The zero-order valence-corrected chi connectivity index (χ0v) is 10.7. The Kier molecular flexibility index (Phi) is 4.23. The van der Waals surface area contributed by atoms with E-state index in [9.17, 15) is 9.18 Å². The normalized spacial score (nSPS) is 10.2. The summed E-state index contributed by atoms with van der Waals surface area (Å²) in [5, 5.41) is 0. The van der Waals surface area contributed by atoms with E-state index in [1.54, 1.807) is 18.5 Å². The summed E-state index contributed by atoms with van der Waals surface area (Å²) in [5.41, 5.74) is 2.23. The standard InChI is InChI=1S/C15H15FN2O/c1-18(7-4-12-2-5-17-6-3-12)15-9-13(11-19)8-14(16)10-15/h2-3,5-6,8-11H,4,7H2,1H3. The maximum atomic E-state index is 13.3. The number of pyridine rings is 1. The van der Waals surface area contributed by atoms with Gasteiger partial charge in [0.05, 0.1) is 0 Å². The van der Waals surface area contributed by atoms with Gasteiger partial charge >= 0.3 is 0 Å². The molecule has 2 aromatic rings. The fourth-order valence-electron chi connectivity index (χ4n) is 1.86. The van der Waals surface area contributed by atoms with Gasteiger partial charge in [-0.25, -0.2) is 4.39 Å². The predicted octanol–water partition coefficient (Wildman–Crippen LogP) is 2.71. The van der Waals surface area contributed by atoms with Gasteiger partial charge in [0, 0.05) is 37.2 Å². The number of aromatic nitrogens is 1. The van der Waals surface area contributed by atoms with Crippen molar-refractivity contribution in [3.05, 3.63) is 59.7 Å². The van der Waals surface area contributed by atoms with Crippen molar-refractivity contribution in [3.8, 4) is 0 Å². The highest BCUT2D eigenvalue weighted by molar-refractivity contribution is 5.77. The number of hydrogen-bond donors (Lipinski definition) is 0. The number of anilines is 1. The van der Waals surface area contributed by atoms with E-state index in [1.165, 1.54) is 17.7 Å². The van der Waals surface area contributed by atoms with E-state index >= 15 is 0 Å². The Morgan fingerprint density at radius 3 is 2.68 bits per heavy atom. The van der Waals surface area contributed by atoms with E-state index in [4.69, 9.17) is 0 Å². The molecular formula is C15H15FN2O. The molecule has 0 amide bonds. The van der Waals surface area contributed by atoms with Gasteiger partial charge in [-0.2, -0.15) is 0 Å². The minimum atomic E-state index is -0.393. The Morgan fingerprint density at radius 1 is 1.26 bits per heavy atom. The summed E-state index contributed by atoms with van der Waals surface area (Å²) in [6.45, 7) is 0.742. The molecule has 3 nitrogen and oxygen atoms in total. The van der Waals surface area contributed by atoms with Gasteiger partial charge in [0.1, 0.15) is 12.1 Å². The number of rotatable bonds is 5. The van der Waals surface area contributed by atoms with Crippen molar-refractivity contribution in [2.75, 3.05) is 18.5 Å². The van der Waals surface area contributed by atoms with Crippen LogP contribution in [0.3, 0.4) is 0 Å². The molecule has 0 aliphatic heterocycles. The number of halogens is 1. The molecule has 0 unspecified atom stereocenters. The largest absolute Gasteiger partial charge is 0.374 e. The maximum absolute atomic E-state index is 13.3. The summed E-state index contributed by atoms with van der Waals surface area (Å²) >= 11 is 0. The highest BCUT2D eigenvalue weighted by atomic mass is 19.1. The first-order valence-electron chi connectivity index (χ1n) is 6.05. The third kappa shape index (κ3) is 3.61. The molecule has 0 fully saturated rings. The first kappa shape index (κ1) is 13.2. The Balaban J connectivity index is 2.05. The van der Waals surface area contributed by atoms with Crippen molar-refractivity contribution in [2.45, 2.75) is 6.42 Å². The molecule has 0 atom stereocenters. The lowest BCUT2D eigenvalue weighted by Crippen LogP contribution is -2.20. The van der Waals surface area contributed by atoms with E-state index < -0.39 is 5.82 Å². The molecule has 0 bridgehead atoms. The third-order valence-electron chi connectivity index (χ3n) is 2.97. The molecular weight excluding hydrogens is 243 g/mol. The molecule has 0 saturated heterocycles. The van der Waals surface area contributed by atoms with Gasteiger partial charge in [-0.05, 0) is 42.3 Å². The number of likely N-dealkylation sites (N-methyl/N-ethyl adjacent to an activating group) is 1. The van der Waals surface area contributed by atoms with Crippen molar-refractivity contribution in [1.29, 1.82) is 0 Å². The zero-order valence-electron chi connectivity index (χ0n) is 10.7.